The van der Waals surface area contributed by atoms with E-state index in [1.807, 2.05) is 11.9 Å². The van der Waals surface area contributed by atoms with E-state index in [1.54, 1.807) is 19.1 Å². The molecule has 0 saturated carbocycles. The van der Waals surface area contributed by atoms with E-state index >= 15 is 0 Å². The summed E-state index contributed by atoms with van der Waals surface area (Å²) < 4.78 is 13.0. The summed E-state index contributed by atoms with van der Waals surface area (Å²) in [6.07, 6.45) is 0. The number of likely N-dealkylation sites (N-methyl/N-ethyl adjacent to an activating group) is 1. The molecule has 0 aliphatic rings. The van der Waals surface area contributed by atoms with Crippen LogP contribution in [0.25, 0.3) is 0 Å². The molecule has 0 saturated heterocycles. The lowest BCUT2D eigenvalue weighted by atomic mass is 10.2. The van der Waals surface area contributed by atoms with E-state index in [4.69, 9.17) is 22.5 Å². The topological polar surface area (TPSA) is 61.9 Å². The van der Waals surface area contributed by atoms with Gasteiger partial charge in [-0.25, -0.2) is 4.39 Å². The Labute approximate surface area is 104 Å². The summed E-state index contributed by atoms with van der Waals surface area (Å²) in [6.45, 7) is 2.33. The molecule has 1 aromatic rings. The van der Waals surface area contributed by atoms with Crippen LogP contribution in [0.4, 0.5) is 4.39 Å². The lowest BCUT2D eigenvalue weighted by Crippen LogP contribution is -2.40. The standard InChI is InChI=1S/C11H15ClFN3O/c1-7(11(14)15-17)16(2)6-8-3-4-10(13)9(12)5-8/h3-5,7,17H,6H2,1-2H3,(H2,14,15). The molecule has 1 rings (SSSR count). The molecule has 0 amide bonds. The maximum Gasteiger partial charge on any atom is 0.156 e. The second kappa shape index (κ2) is 5.84. The molecule has 0 aliphatic carbocycles. The van der Waals surface area contributed by atoms with E-state index in [-0.39, 0.29) is 16.9 Å². The van der Waals surface area contributed by atoms with Crippen LogP contribution in [0.3, 0.4) is 0 Å². The van der Waals surface area contributed by atoms with Crippen LogP contribution in [0.2, 0.25) is 5.02 Å². The minimum atomic E-state index is -0.442. The van der Waals surface area contributed by atoms with Gasteiger partial charge < -0.3 is 10.9 Å². The van der Waals surface area contributed by atoms with Gasteiger partial charge in [-0.15, -0.1) is 0 Å². The van der Waals surface area contributed by atoms with Crippen molar-refractivity contribution >= 4 is 17.4 Å². The largest absolute Gasteiger partial charge is 0.409 e. The molecular weight excluding hydrogens is 245 g/mol. The van der Waals surface area contributed by atoms with Crippen LogP contribution in [0, 0.1) is 5.82 Å². The highest BCUT2D eigenvalue weighted by Gasteiger charge is 2.14. The molecule has 4 nitrogen and oxygen atoms in total. The van der Waals surface area contributed by atoms with Crippen LogP contribution in [0.15, 0.2) is 23.4 Å². The van der Waals surface area contributed by atoms with Gasteiger partial charge in [-0.1, -0.05) is 22.8 Å². The van der Waals surface area contributed by atoms with Gasteiger partial charge in [0.2, 0.25) is 0 Å². The molecule has 17 heavy (non-hydrogen) atoms. The van der Waals surface area contributed by atoms with Crippen molar-refractivity contribution in [2.24, 2.45) is 10.9 Å². The van der Waals surface area contributed by atoms with Crippen LogP contribution in [-0.4, -0.2) is 29.0 Å². The van der Waals surface area contributed by atoms with Crippen molar-refractivity contribution in [2.45, 2.75) is 19.5 Å². The Morgan fingerprint density at radius 1 is 1.65 bits per heavy atom. The zero-order valence-corrected chi connectivity index (χ0v) is 10.4. The van der Waals surface area contributed by atoms with Crippen molar-refractivity contribution in [1.82, 2.24) is 4.90 Å². The second-order valence-electron chi connectivity index (χ2n) is 3.86. The van der Waals surface area contributed by atoms with Gasteiger partial charge in [0.15, 0.2) is 5.84 Å². The Bertz CT molecular complexity index is 425. The number of oxime groups is 1. The number of benzene rings is 1. The first kappa shape index (κ1) is 13.7. The van der Waals surface area contributed by atoms with E-state index < -0.39 is 5.82 Å². The Morgan fingerprint density at radius 2 is 2.29 bits per heavy atom. The van der Waals surface area contributed by atoms with Crippen LogP contribution in [0.1, 0.15) is 12.5 Å². The monoisotopic (exact) mass is 259 g/mol. The summed E-state index contributed by atoms with van der Waals surface area (Å²) in [6, 6.07) is 4.31. The Morgan fingerprint density at radius 3 is 2.82 bits per heavy atom. The first-order valence-corrected chi connectivity index (χ1v) is 5.45. The van der Waals surface area contributed by atoms with Gasteiger partial charge in [-0.2, -0.15) is 0 Å². The molecule has 1 aromatic carbocycles. The zero-order valence-electron chi connectivity index (χ0n) is 9.69. The van der Waals surface area contributed by atoms with Gasteiger partial charge in [-0.05, 0) is 31.7 Å². The summed E-state index contributed by atoms with van der Waals surface area (Å²) in [4.78, 5) is 1.86. The first-order chi connectivity index (χ1) is 7.95. The minimum absolute atomic E-state index is 0.0901. The predicted octanol–water partition coefficient (Wildman–Crippen LogP) is 2.05. The summed E-state index contributed by atoms with van der Waals surface area (Å²) in [5, 5.41) is 11.6. The lowest BCUT2D eigenvalue weighted by molar-refractivity contribution is 0.279. The smallest absolute Gasteiger partial charge is 0.156 e. The fraction of sp³-hybridized carbons (Fsp3) is 0.364. The maximum absolute atomic E-state index is 13.0. The van der Waals surface area contributed by atoms with E-state index in [1.165, 1.54) is 6.07 Å². The van der Waals surface area contributed by atoms with Gasteiger partial charge in [0.05, 0.1) is 11.1 Å². The molecule has 0 bridgehead atoms. The minimum Gasteiger partial charge on any atom is -0.409 e. The quantitative estimate of drug-likeness (QED) is 0.377. The van der Waals surface area contributed by atoms with Crippen molar-refractivity contribution < 1.29 is 9.60 Å². The normalized spacial score (nSPS) is 14.1. The molecule has 0 radical (unpaired) electrons. The molecule has 94 valence electrons. The van der Waals surface area contributed by atoms with Crippen molar-refractivity contribution in [2.75, 3.05) is 7.05 Å². The Kier molecular flexibility index (Phi) is 4.72. The van der Waals surface area contributed by atoms with Crippen molar-refractivity contribution in [1.29, 1.82) is 0 Å². The molecule has 1 unspecified atom stereocenters. The highest BCUT2D eigenvalue weighted by molar-refractivity contribution is 6.30. The number of rotatable bonds is 4. The number of nitrogens with zero attached hydrogens (tertiary/aromatic N) is 2. The third-order valence-corrected chi connectivity index (χ3v) is 2.91. The number of hydrogen-bond acceptors (Lipinski definition) is 3. The van der Waals surface area contributed by atoms with Gasteiger partial charge >= 0.3 is 0 Å². The van der Waals surface area contributed by atoms with E-state index in [2.05, 4.69) is 5.16 Å². The average Bonchev–Trinajstić information content (AvgIpc) is 2.31. The van der Waals surface area contributed by atoms with E-state index in [9.17, 15) is 4.39 Å². The Balaban J connectivity index is 2.74. The predicted molar refractivity (Wildman–Crippen MR) is 65.7 cm³/mol. The van der Waals surface area contributed by atoms with E-state index in [0.29, 0.717) is 6.54 Å². The fourth-order valence-corrected chi connectivity index (χ4v) is 1.58. The molecule has 0 aliphatic heterocycles. The Hall–Kier alpha value is -1.33. The van der Waals surface area contributed by atoms with Crippen LogP contribution >= 0.6 is 11.6 Å². The maximum atomic E-state index is 13.0. The van der Waals surface area contributed by atoms with Crippen LogP contribution in [-0.2, 0) is 6.54 Å². The number of halogens is 2. The first-order valence-electron chi connectivity index (χ1n) is 5.07. The molecule has 0 aromatic heterocycles. The molecule has 0 heterocycles. The van der Waals surface area contributed by atoms with Gasteiger partial charge in [0.25, 0.3) is 0 Å². The lowest BCUT2D eigenvalue weighted by Gasteiger charge is -2.23. The highest BCUT2D eigenvalue weighted by atomic mass is 35.5. The van der Waals surface area contributed by atoms with Gasteiger partial charge in [-0.3, -0.25) is 4.90 Å². The van der Waals surface area contributed by atoms with Crippen molar-refractivity contribution in [3.05, 3.63) is 34.6 Å². The number of amidine groups is 1. The number of hydrogen-bond donors (Lipinski definition) is 2. The van der Waals surface area contributed by atoms with Crippen molar-refractivity contribution in [3.8, 4) is 0 Å². The van der Waals surface area contributed by atoms with Gasteiger partial charge in [0, 0.05) is 6.54 Å². The molecule has 0 spiro atoms. The molecule has 0 fully saturated rings. The van der Waals surface area contributed by atoms with Gasteiger partial charge in [0.1, 0.15) is 5.82 Å². The summed E-state index contributed by atoms with van der Waals surface area (Å²) in [5.74, 6) is -0.316. The zero-order chi connectivity index (χ0) is 13.0. The average molecular weight is 260 g/mol. The third kappa shape index (κ3) is 3.57. The van der Waals surface area contributed by atoms with Crippen LogP contribution < -0.4 is 5.73 Å². The molecular formula is C11H15ClFN3O. The number of nitrogens with two attached hydrogens (primary N) is 1. The molecule has 6 heteroatoms. The SMILES string of the molecule is CC(/C(N)=N/O)N(C)Cc1ccc(F)c(Cl)c1. The third-order valence-electron chi connectivity index (χ3n) is 2.62. The summed E-state index contributed by atoms with van der Waals surface area (Å²) in [7, 11) is 1.82. The van der Waals surface area contributed by atoms with Crippen LogP contribution in [0.5, 0.6) is 0 Å². The fourth-order valence-electron chi connectivity index (χ4n) is 1.37. The molecule has 1 atom stereocenters. The molecule has 3 N–H and O–H groups in total. The summed E-state index contributed by atoms with van der Waals surface area (Å²) in [5.41, 5.74) is 6.36. The van der Waals surface area contributed by atoms with Crippen molar-refractivity contribution in [3.63, 3.8) is 0 Å². The summed E-state index contributed by atoms with van der Waals surface area (Å²) >= 11 is 5.68. The highest BCUT2D eigenvalue weighted by Crippen LogP contribution is 2.17. The van der Waals surface area contributed by atoms with E-state index in [0.717, 1.165) is 5.56 Å². The second-order valence-corrected chi connectivity index (χ2v) is 4.27.